The summed E-state index contributed by atoms with van der Waals surface area (Å²) in [5.41, 5.74) is -0.948. The van der Waals surface area contributed by atoms with Gasteiger partial charge in [-0.2, -0.15) is 13.2 Å². The van der Waals surface area contributed by atoms with Gasteiger partial charge in [0.2, 0.25) is 10.0 Å². The zero-order chi connectivity index (χ0) is 18.7. The van der Waals surface area contributed by atoms with E-state index < -0.39 is 33.3 Å². The Kier molecular flexibility index (Phi) is 5.71. The molecule has 0 aliphatic carbocycles. The number of benzene rings is 2. The van der Waals surface area contributed by atoms with Crippen molar-refractivity contribution in [3.63, 3.8) is 0 Å². The molecule has 136 valence electrons. The van der Waals surface area contributed by atoms with Crippen molar-refractivity contribution in [2.24, 2.45) is 0 Å². The van der Waals surface area contributed by atoms with Crippen molar-refractivity contribution in [1.29, 1.82) is 0 Å². The van der Waals surface area contributed by atoms with E-state index in [2.05, 4.69) is 4.72 Å². The third-order valence-corrected chi connectivity index (χ3v) is 4.89. The molecule has 0 aliphatic heterocycles. The van der Waals surface area contributed by atoms with Crippen molar-refractivity contribution in [2.75, 3.05) is 7.11 Å². The number of hydrogen-bond donors (Lipinski definition) is 2. The quantitative estimate of drug-likeness (QED) is 0.814. The Hall–Kier alpha value is -2.10. The largest absolute Gasteiger partial charge is 0.497 e. The maximum absolute atomic E-state index is 13.0. The van der Waals surface area contributed by atoms with Crippen LogP contribution in [-0.2, 0) is 29.4 Å². The molecule has 0 aromatic heterocycles. The van der Waals surface area contributed by atoms with E-state index in [1.807, 2.05) is 0 Å². The van der Waals surface area contributed by atoms with Crippen LogP contribution in [0, 0.1) is 0 Å². The van der Waals surface area contributed by atoms with Gasteiger partial charge in [0.25, 0.3) is 0 Å². The summed E-state index contributed by atoms with van der Waals surface area (Å²) in [4.78, 5) is -0.523. The third-order valence-electron chi connectivity index (χ3n) is 3.49. The third kappa shape index (κ3) is 4.71. The normalized spacial score (nSPS) is 12.2. The maximum atomic E-state index is 13.0. The molecule has 0 bridgehead atoms. The lowest BCUT2D eigenvalue weighted by molar-refractivity contribution is -0.138. The standard InChI is InChI=1S/C16H16F3NO4S/c1-24-13-5-2-11(3-6-13)9-20-25(22,23)14-7-4-12(10-21)15(8-14)16(17,18)19/h2-8,20-21H,9-10H2,1H3. The highest BCUT2D eigenvalue weighted by Gasteiger charge is 2.34. The van der Waals surface area contributed by atoms with E-state index in [0.29, 0.717) is 17.4 Å². The summed E-state index contributed by atoms with van der Waals surface area (Å²) in [5.74, 6) is 0.598. The van der Waals surface area contributed by atoms with Gasteiger partial charge in [-0.1, -0.05) is 18.2 Å². The van der Waals surface area contributed by atoms with Crippen LogP contribution in [0.25, 0.3) is 0 Å². The fourth-order valence-corrected chi connectivity index (χ4v) is 3.17. The zero-order valence-corrected chi connectivity index (χ0v) is 14.0. The number of nitrogens with one attached hydrogen (secondary N) is 1. The Morgan fingerprint density at radius 2 is 1.76 bits per heavy atom. The summed E-state index contributed by atoms with van der Waals surface area (Å²) < 4.78 is 70.7. The first kappa shape index (κ1) is 19.2. The summed E-state index contributed by atoms with van der Waals surface area (Å²) >= 11 is 0. The van der Waals surface area contributed by atoms with Crippen molar-refractivity contribution < 1.29 is 31.4 Å². The molecular weight excluding hydrogens is 359 g/mol. The van der Waals surface area contributed by atoms with Crippen LogP contribution in [0.4, 0.5) is 13.2 Å². The second kappa shape index (κ2) is 7.42. The molecule has 0 amide bonds. The fourth-order valence-electron chi connectivity index (χ4n) is 2.13. The summed E-state index contributed by atoms with van der Waals surface area (Å²) in [6, 6.07) is 9.04. The molecular formula is C16H16F3NO4S. The van der Waals surface area contributed by atoms with Gasteiger partial charge in [0.15, 0.2) is 0 Å². The van der Waals surface area contributed by atoms with Gasteiger partial charge in [0.05, 0.1) is 24.2 Å². The van der Waals surface area contributed by atoms with Crippen LogP contribution in [0.2, 0.25) is 0 Å². The molecule has 0 aliphatic rings. The summed E-state index contributed by atoms with van der Waals surface area (Å²) in [6.07, 6.45) is -4.76. The monoisotopic (exact) mass is 375 g/mol. The first-order valence-electron chi connectivity index (χ1n) is 7.11. The van der Waals surface area contributed by atoms with Crippen LogP contribution in [-0.4, -0.2) is 20.6 Å². The van der Waals surface area contributed by atoms with Crippen molar-refractivity contribution >= 4 is 10.0 Å². The van der Waals surface area contributed by atoms with Crippen molar-refractivity contribution in [1.82, 2.24) is 4.72 Å². The average Bonchev–Trinajstić information content (AvgIpc) is 2.59. The number of halogens is 3. The number of ether oxygens (including phenoxy) is 1. The maximum Gasteiger partial charge on any atom is 0.416 e. The van der Waals surface area contributed by atoms with E-state index in [1.165, 1.54) is 7.11 Å². The highest BCUT2D eigenvalue weighted by Crippen LogP contribution is 2.33. The van der Waals surface area contributed by atoms with Gasteiger partial charge in [0.1, 0.15) is 5.75 Å². The van der Waals surface area contributed by atoms with Crippen molar-refractivity contribution in [2.45, 2.75) is 24.2 Å². The minimum absolute atomic E-state index is 0.0879. The number of aliphatic hydroxyl groups is 1. The van der Waals surface area contributed by atoms with Gasteiger partial charge in [-0.3, -0.25) is 0 Å². The Morgan fingerprint density at radius 1 is 1.12 bits per heavy atom. The Morgan fingerprint density at radius 3 is 2.28 bits per heavy atom. The molecule has 0 fully saturated rings. The molecule has 2 N–H and O–H groups in total. The van der Waals surface area contributed by atoms with Crippen LogP contribution in [0.3, 0.4) is 0 Å². The second-order valence-electron chi connectivity index (χ2n) is 5.15. The molecule has 2 rings (SSSR count). The van der Waals surface area contributed by atoms with E-state index in [-0.39, 0.29) is 12.1 Å². The lowest BCUT2D eigenvalue weighted by Gasteiger charge is -2.14. The number of aliphatic hydroxyl groups excluding tert-OH is 1. The van der Waals surface area contributed by atoms with E-state index in [4.69, 9.17) is 9.84 Å². The molecule has 25 heavy (non-hydrogen) atoms. The summed E-state index contributed by atoms with van der Waals surface area (Å²) in [7, 11) is -2.65. The van der Waals surface area contributed by atoms with Gasteiger partial charge >= 0.3 is 6.18 Å². The number of hydrogen-bond acceptors (Lipinski definition) is 4. The Bertz CT molecular complexity index is 833. The molecule has 0 saturated carbocycles. The fraction of sp³-hybridized carbons (Fsp3) is 0.250. The minimum atomic E-state index is -4.76. The van der Waals surface area contributed by atoms with Crippen LogP contribution < -0.4 is 9.46 Å². The van der Waals surface area contributed by atoms with E-state index >= 15 is 0 Å². The van der Waals surface area contributed by atoms with Gasteiger partial charge in [-0.05, 0) is 35.4 Å². The molecule has 0 atom stereocenters. The Balaban J connectivity index is 2.23. The lowest BCUT2D eigenvalue weighted by Crippen LogP contribution is -2.24. The van der Waals surface area contributed by atoms with Gasteiger partial charge in [-0.15, -0.1) is 0 Å². The Labute approximate surface area is 143 Å². The van der Waals surface area contributed by atoms with Crippen LogP contribution in [0.15, 0.2) is 47.4 Å². The summed E-state index contributed by atoms with van der Waals surface area (Å²) in [5, 5.41) is 8.99. The first-order chi connectivity index (χ1) is 11.7. The predicted octanol–water partition coefficient (Wildman–Crippen LogP) is 2.68. The number of methoxy groups -OCH3 is 1. The van der Waals surface area contributed by atoms with Crippen LogP contribution >= 0.6 is 0 Å². The van der Waals surface area contributed by atoms with Crippen molar-refractivity contribution in [3.05, 3.63) is 59.2 Å². The van der Waals surface area contributed by atoms with Crippen LogP contribution in [0.5, 0.6) is 5.75 Å². The number of sulfonamides is 1. The minimum Gasteiger partial charge on any atom is -0.497 e. The number of alkyl halides is 3. The highest BCUT2D eigenvalue weighted by atomic mass is 32.2. The number of rotatable bonds is 6. The van der Waals surface area contributed by atoms with Crippen LogP contribution in [0.1, 0.15) is 16.7 Å². The lowest BCUT2D eigenvalue weighted by atomic mass is 10.1. The molecule has 0 radical (unpaired) electrons. The molecule has 0 heterocycles. The van der Waals surface area contributed by atoms with Gasteiger partial charge in [0, 0.05) is 6.54 Å². The molecule has 0 saturated heterocycles. The van der Waals surface area contributed by atoms with E-state index in [1.54, 1.807) is 24.3 Å². The van der Waals surface area contributed by atoms with E-state index in [0.717, 1.165) is 12.1 Å². The van der Waals surface area contributed by atoms with Crippen molar-refractivity contribution in [3.8, 4) is 5.75 Å². The summed E-state index contributed by atoms with van der Waals surface area (Å²) in [6.45, 7) is -0.927. The first-order valence-corrected chi connectivity index (χ1v) is 8.59. The molecule has 5 nitrogen and oxygen atoms in total. The van der Waals surface area contributed by atoms with Gasteiger partial charge in [-0.25, -0.2) is 13.1 Å². The molecule has 0 spiro atoms. The SMILES string of the molecule is COc1ccc(CNS(=O)(=O)c2ccc(CO)c(C(F)(F)F)c2)cc1. The molecule has 2 aromatic carbocycles. The average molecular weight is 375 g/mol. The second-order valence-corrected chi connectivity index (χ2v) is 6.91. The topological polar surface area (TPSA) is 75.6 Å². The molecule has 9 heteroatoms. The smallest absolute Gasteiger partial charge is 0.416 e. The molecule has 2 aromatic rings. The van der Waals surface area contributed by atoms with Gasteiger partial charge < -0.3 is 9.84 Å². The zero-order valence-electron chi connectivity index (χ0n) is 13.2. The predicted molar refractivity (Wildman–Crippen MR) is 84.4 cm³/mol. The van der Waals surface area contributed by atoms with E-state index in [9.17, 15) is 21.6 Å². The highest BCUT2D eigenvalue weighted by molar-refractivity contribution is 7.89. The molecule has 0 unspecified atom stereocenters.